The Labute approximate surface area is 193 Å². The average molecular weight is 444 g/mol. The topological polar surface area (TPSA) is 39.3 Å². The molecule has 0 spiro atoms. The van der Waals surface area contributed by atoms with Gasteiger partial charge in [-0.1, -0.05) is 72.3 Å². The van der Waals surface area contributed by atoms with Crippen LogP contribution in [0.15, 0.2) is 83.7 Å². The van der Waals surface area contributed by atoms with E-state index in [1.54, 1.807) is 6.07 Å². The minimum absolute atomic E-state index is 0.0619. The first-order valence-electron chi connectivity index (χ1n) is 11.1. The van der Waals surface area contributed by atoms with Crippen LogP contribution in [0, 0.1) is 0 Å². The van der Waals surface area contributed by atoms with E-state index in [-0.39, 0.29) is 5.43 Å². The first-order valence-corrected chi connectivity index (χ1v) is 11.4. The van der Waals surface area contributed by atoms with Gasteiger partial charge >= 0.3 is 0 Å². The van der Waals surface area contributed by atoms with Gasteiger partial charge in [0.05, 0.1) is 5.69 Å². The molecular formula is C27H26ClN3O. The van der Waals surface area contributed by atoms with Gasteiger partial charge in [0.25, 0.3) is 0 Å². The van der Waals surface area contributed by atoms with Crippen molar-refractivity contribution in [2.24, 2.45) is 0 Å². The molecular weight excluding hydrogens is 418 g/mol. The monoisotopic (exact) mass is 443 g/mol. The van der Waals surface area contributed by atoms with E-state index in [1.165, 1.54) is 5.56 Å². The lowest BCUT2D eigenvalue weighted by Gasteiger charge is -2.35. The summed E-state index contributed by atoms with van der Waals surface area (Å²) in [5, 5.41) is 1.23. The molecule has 5 heteroatoms. The Kier molecular flexibility index (Phi) is 6.08. The summed E-state index contributed by atoms with van der Waals surface area (Å²) in [6, 6.07) is 26.2. The molecule has 1 N–H and O–H groups in total. The molecule has 32 heavy (non-hydrogen) atoms. The van der Waals surface area contributed by atoms with Crippen molar-refractivity contribution < 1.29 is 0 Å². The lowest BCUT2D eigenvalue weighted by Crippen LogP contribution is -2.46. The van der Waals surface area contributed by atoms with Gasteiger partial charge in [0.2, 0.25) is 0 Å². The van der Waals surface area contributed by atoms with E-state index >= 15 is 0 Å². The average Bonchev–Trinajstić information content (AvgIpc) is 2.83. The van der Waals surface area contributed by atoms with Gasteiger partial charge in [0.15, 0.2) is 5.43 Å². The highest BCUT2D eigenvalue weighted by molar-refractivity contribution is 6.31. The van der Waals surface area contributed by atoms with Gasteiger partial charge in [-0.05, 0) is 29.3 Å². The fourth-order valence-electron chi connectivity index (χ4n) is 4.47. The highest BCUT2D eigenvalue weighted by Crippen LogP contribution is 2.25. The Balaban J connectivity index is 1.41. The predicted molar refractivity (Wildman–Crippen MR) is 132 cm³/mol. The maximum absolute atomic E-state index is 13.5. The Hall–Kier alpha value is -2.92. The summed E-state index contributed by atoms with van der Waals surface area (Å²) in [6.45, 7) is 5.46. The van der Waals surface area contributed by atoms with E-state index < -0.39 is 0 Å². The number of fused-ring (bicyclic) bond motifs is 1. The number of benzene rings is 3. The van der Waals surface area contributed by atoms with Gasteiger partial charge < -0.3 is 4.98 Å². The summed E-state index contributed by atoms with van der Waals surface area (Å²) in [5.41, 5.74) is 4.95. The normalized spacial score (nSPS) is 15.3. The van der Waals surface area contributed by atoms with Crippen molar-refractivity contribution in [2.45, 2.75) is 13.1 Å². The summed E-state index contributed by atoms with van der Waals surface area (Å²) in [5.74, 6) is 0. The number of rotatable bonds is 5. The van der Waals surface area contributed by atoms with E-state index in [9.17, 15) is 4.79 Å². The van der Waals surface area contributed by atoms with Crippen molar-refractivity contribution in [2.75, 3.05) is 26.2 Å². The third-order valence-electron chi connectivity index (χ3n) is 6.22. The number of piperazine rings is 1. The summed E-state index contributed by atoms with van der Waals surface area (Å²) < 4.78 is 0. The highest BCUT2D eigenvalue weighted by Gasteiger charge is 2.21. The van der Waals surface area contributed by atoms with Crippen molar-refractivity contribution in [3.05, 3.63) is 105 Å². The highest BCUT2D eigenvalue weighted by atomic mass is 35.5. The van der Waals surface area contributed by atoms with Crippen LogP contribution in [0.3, 0.4) is 0 Å². The molecule has 2 heterocycles. The molecule has 0 aliphatic carbocycles. The fraction of sp³-hybridized carbons (Fsp3) is 0.222. The second-order valence-corrected chi connectivity index (χ2v) is 8.84. The van der Waals surface area contributed by atoms with Crippen LogP contribution in [0.4, 0.5) is 0 Å². The molecule has 5 rings (SSSR count). The zero-order valence-electron chi connectivity index (χ0n) is 17.9. The number of aromatic amines is 1. The third kappa shape index (κ3) is 4.49. The largest absolute Gasteiger partial charge is 0.354 e. The smallest absolute Gasteiger partial charge is 0.194 e. The number of nitrogens with one attached hydrogen (secondary N) is 1. The minimum Gasteiger partial charge on any atom is -0.354 e. The summed E-state index contributed by atoms with van der Waals surface area (Å²) in [4.78, 5) is 21.9. The van der Waals surface area contributed by atoms with Gasteiger partial charge in [-0.3, -0.25) is 14.6 Å². The van der Waals surface area contributed by atoms with Gasteiger partial charge in [0.1, 0.15) is 0 Å². The summed E-state index contributed by atoms with van der Waals surface area (Å²) in [6.07, 6.45) is 0. The molecule has 1 saturated heterocycles. The maximum Gasteiger partial charge on any atom is 0.194 e. The standard InChI is InChI=1S/C27H26ClN3O/c28-22-11-12-25-23(17-22)27(32)24(26(29-25)21-9-5-2-6-10-21)19-31-15-13-30(14-16-31)18-20-7-3-1-4-8-20/h1-12,17H,13-16,18-19H2,(H,29,32). The van der Waals surface area contributed by atoms with Crippen molar-refractivity contribution >= 4 is 22.5 Å². The molecule has 4 nitrogen and oxygen atoms in total. The van der Waals surface area contributed by atoms with Gasteiger partial charge in [0, 0.05) is 60.8 Å². The molecule has 1 aromatic heterocycles. The molecule has 1 aliphatic rings. The van der Waals surface area contributed by atoms with Gasteiger partial charge in [-0.15, -0.1) is 0 Å². The quantitative estimate of drug-likeness (QED) is 0.462. The van der Waals surface area contributed by atoms with Crippen LogP contribution in [0.25, 0.3) is 22.2 Å². The molecule has 0 saturated carbocycles. The molecule has 162 valence electrons. The van der Waals surface area contributed by atoms with Crippen LogP contribution in [0.5, 0.6) is 0 Å². The van der Waals surface area contributed by atoms with Crippen molar-refractivity contribution in [1.29, 1.82) is 0 Å². The fourth-order valence-corrected chi connectivity index (χ4v) is 4.64. The van der Waals surface area contributed by atoms with Crippen LogP contribution >= 0.6 is 11.6 Å². The van der Waals surface area contributed by atoms with Gasteiger partial charge in [-0.25, -0.2) is 0 Å². The van der Waals surface area contributed by atoms with Gasteiger partial charge in [-0.2, -0.15) is 0 Å². The molecule has 0 atom stereocenters. The number of aromatic nitrogens is 1. The molecule has 1 fully saturated rings. The van der Waals surface area contributed by atoms with E-state index in [0.717, 1.165) is 55.1 Å². The molecule has 0 unspecified atom stereocenters. The van der Waals surface area contributed by atoms with E-state index in [4.69, 9.17) is 11.6 Å². The lowest BCUT2D eigenvalue weighted by atomic mass is 10.0. The Bertz CT molecular complexity index is 1260. The van der Waals surface area contributed by atoms with Crippen LogP contribution in [0.1, 0.15) is 11.1 Å². The second-order valence-electron chi connectivity index (χ2n) is 8.40. The zero-order chi connectivity index (χ0) is 21.9. The maximum atomic E-state index is 13.5. The predicted octanol–water partition coefficient (Wildman–Crippen LogP) is 5.17. The van der Waals surface area contributed by atoms with Crippen LogP contribution in [0.2, 0.25) is 5.02 Å². The van der Waals surface area contributed by atoms with E-state index in [0.29, 0.717) is 17.0 Å². The first-order chi connectivity index (χ1) is 15.7. The number of hydrogen-bond donors (Lipinski definition) is 1. The minimum atomic E-state index is 0.0619. The molecule has 0 bridgehead atoms. The van der Waals surface area contributed by atoms with E-state index in [2.05, 4.69) is 45.1 Å². The number of nitrogens with zero attached hydrogens (tertiary/aromatic N) is 2. The third-order valence-corrected chi connectivity index (χ3v) is 6.45. The lowest BCUT2D eigenvalue weighted by molar-refractivity contribution is 0.122. The molecule has 1 aliphatic heterocycles. The Morgan fingerprint density at radius 1 is 0.781 bits per heavy atom. The summed E-state index contributed by atoms with van der Waals surface area (Å²) in [7, 11) is 0. The number of pyridine rings is 1. The van der Waals surface area contributed by atoms with Crippen LogP contribution in [-0.2, 0) is 13.1 Å². The Morgan fingerprint density at radius 3 is 2.09 bits per heavy atom. The zero-order valence-corrected chi connectivity index (χ0v) is 18.7. The van der Waals surface area contributed by atoms with E-state index in [1.807, 2.05) is 42.5 Å². The molecule has 0 amide bonds. The SMILES string of the molecule is O=c1c(CN2CCN(Cc3ccccc3)CC2)c(-c2ccccc2)[nH]c2ccc(Cl)cc12. The molecule has 4 aromatic rings. The number of hydrogen-bond acceptors (Lipinski definition) is 3. The Morgan fingerprint density at radius 2 is 1.41 bits per heavy atom. The van der Waals surface area contributed by atoms with Crippen molar-refractivity contribution in [3.8, 4) is 11.3 Å². The van der Waals surface area contributed by atoms with Crippen molar-refractivity contribution in [1.82, 2.24) is 14.8 Å². The number of halogens is 1. The first kappa shape index (κ1) is 21.0. The molecule has 3 aromatic carbocycles. The molecule has 0 radical (unpaired) electrons. The van der Waals surface area contributed by atoms with Crippen LogP contribution in [-0.4, -0.2) is 41.0 Å². The summed E-state index contributed by atoms with van der Waals surface area (Å²) >= 11 is 6.21. The number of H-pyrrole nitrogens is 1. The van der Waals surface area contributed by atoms with Crippen LogP contribution < -0.4 is 5.43 Å². The second kappa shape index (κ2) is 9.29. The van der Waals surface area contributed by atoms with Crippen molar-refractivity contribution in [3.63, 3.8) is 0 Å².